The van der Waals surface area contributed by atoms with Crippen molar-refractivity contribution in [1.82, 2.24) is 14.5 Å². The Kier molecular flexibility index (Phi) is 6.10. The molecule has 0 N–H and O–H groups in total. The third-order valence-electron chi connectivity index (χ3n) is 3.38. The van der Waals surface area contributed by atoms with Crippen molar-refractivity contribution < 1.29 is 22.7 Å². The van der Waals surface area contributed by atoms with E-state index < -0.39 is 18.8 Å². The predicted molar refractivity (Wildman–Crippen MR) is 89.0 cm³/mol. The number of hydrogen-bond donors (Lipinski definition) is 0. The van der Waals surface area contributed by atoms with E-state index in [0.717, 1.165) is 9.04 Å². The fourth-order valence-corrected chi connectivity index (χ4v) is 2.46. The van der Waals surface area contributed by atoms with Crippen LogP contribution in [0.5, 0.6) is 5.75 Å². The first kappa shape index (κ1) is 19.3. The number of ether oxygens (including phenoxy) is 1. The van der Waals surface area contributed by atoms with E-state index in [1.54, 1.807) is 31.2 Å². The van der Waals surface area contributed by atoms with E-state index in [2.05, 4.69) is 20.9 Å². The maximum Gasteiger partial charge on any atom is 0.406 e. The van der Waals surface area contributed by atoms with Crippen LogP contribution in [0.3, 0.4) is 0 Å². The molecule has 0 bridgehead atoms. The maximum atomic E-state index is 12.5. The molecule has 1 amide bonds. The number of benzene rings is 1. The molecule has 0 saturated heterocycles. The van der Waals surface area contributed by atoms with E-state index in [-0.39, 0.29) is 18.3 Å². The number of rotatable bonds is 6. The minimum absolute atomic E-state index is 0.0457. The molecule has 1 unspecified atom stereocenters. The Balaban J connectivity index is 1.98. The SMILES string of the molecule is CC(Oc1ccc(Br)cc1)C(=O)N(C)Cc1nccn1CC(F)(F)F. The zero-order valence-electron chi connectivity index (χ0n) is 13.6. The Hall–Kier alpha value is -2.03. The Morgan fingerprint density at radius 3 is 2.60 bits per heavy atom. The van der Waals surface area contributed by atoms with Gasteiger partial charge in [-0.2, -0.15) is 13.2 Å². The standard InChI is InChI=1S/C16H17BrF3N3O2/c1-11(25-13-5-3-12(17)4-6-13)15(24)22(2)9-14-21-7-8-23(14)10-16(18,19)20/h3-8,11H,9-10H2,1-2H3. The average Bonchev–Trinajstić information content (AvgIpc) is 2.93. The number of hydrogen-bond acceptors (Lipinski definition) is 3. The van der Waals surface area contributed by atoms with Gasteiger partial charge in [0.1, 0.15) is 18.1 Å². The number of carbonyl (C=O) groups is 1. The van der Waals surface area contributed by atoms with Crippen LogP contribution in [0, 0.1) is 0 Å². The first-order valence-electron chi connectivity index (χ1n) is 7.39. The maximum absolute atomic E-state index is 12.5. The molecule has 1 aromatic carbocycles. The largest absolute Gasteiger partial charge is 0.481 e. The van der Waals surface area contributed by atoms with Crippen molar-refractivity contribution in [2.75, 3.05) is 7.05 Å². The summed E-state index contributed by atoms with van der Waals surface area (Å²) in [6.45, 7) is 0.397. The summed E-state index contributed by atoms with van der Waals surface area (Å²) in [6, 6.07) is 6.99. The highest BCUT2D eigenvalue weighted by molar-refractivity contribution is 9.10. The number of halogens is 4. The topological polar surface area (TPSA) is 47.4 Å². The summed E-state index contributed by atoms with van der Waals surface area (Å²) in [5.74, 6) is 0.324. The minimum Gasteiger partial charge on any atom is -0.481 e. The number of aromatic nitrogens is 2. The van der Waals surface area contributed by atoms with Crippen LogP contribution in [-0.4, -0.2) is 39.7 Å². The van der Waals surface area contributed by atoms with Gasteiger partial charge in [-0.3, -0.25) is 4.79 Å². The smallest absolute Gasteiger partial charge is 0.406 e. The van der Waals surface area contributed by atoms with Gasteiger partial charge in [-0.25, -0.2) is 4.98 Å². The Bertz CT molecular complexity index is 716. The lowest BCUT2D eigenvalue weighted by atomic mass is 10.3. The summed E-state index contributed by atoms with van der Waals surface area (Å²) in [5.41, 5.74) is 0. The molecule has 0 saturated carbocycles. The van der Waals surface area contributed by atoms with Gasteiger partial charge in [-0.15, -0.1) is 0 Å². The second kappa shape index (κ2) is 7.90. The first-order valence-corrected chi connectivity index (χ1v) is 8.19. The van der Waals surface area contributed by atoms with Gasteiger partial charge in [-0.1, -0.05) is 15.9 Å². The molecule has 2 rings (SSSR count). The van der Waals surface area contributed by atoms with E-state index in [0.29, 0.717) is 5.75 Å². The lowest BCUT2D eigenvalue weighted by Crippen LogP contribution is -2.38. The first-order chi connectivity index (χ1) is 11.7. The van der Waals surface area contributed by atoms with Gasteiger partial charge < -0.3 is 14.2 Å². The van der Waals surface area contributed by atoms with Crippen molar-refractivity contribution in [2.24, 2.45) is 0 Å². The summed E-state index contributed by atoms with van der Waals surface area (Å²) in [7, 11) is 1.50. The molecule has 1 aromatic heterocycles. The summed E-state index contributed by atoms with van der Waals surface area (Å²) >= 11 is 3.30. The number of nitrogens with zero attached hydrogens (tertiary/aromatic N) is 3. The van der Waals surface area contributed by atoms with Crippen LogP contribution in [0.4, 0.5) is 13.2 Å². The number of alkyl halides is 3. The van der Waals surface area contributed by atoms with Crippen molar-refractivity contribution in [3.8, 4) is 5.75 Å². The summed E-state index contributed by atoms with van der Waals surface area (Å²) in [4.78, 5) is 17.6. The number of carbonyl (C=O) groups excluding carboxylic acids is 1. The molecule has 136 valence electrons. The fourth-order valence-electron chi connectivity index (χ4n) is 2.20. The molecule has 0 aliphatic carbocycles. The van der Waals surface area contributed by atoms with E-state index in [9.17, 15) is 18.0 Å². The molecular weight excluding hydrogens is 403 g/mol. The summed E-state index contributed by atoms with van der Waals surface area (Å²) in [6.07, 6.45) is -2.61. The zero-order valence-corrected chi connectivity index (χ0v) is 15.2. The van der Waals surface area contributed by atoms with E-state index >= 15 is 0 Å². The van der Waals surface area contributed by atoms with Gasteiger partial charge in [0.2, 0.25) is 0 Å². The molecular formula is C16H17BrF3N3O2. The Morgan fingerprint density at radius 1 is 1.36 bits per heavy atom. The highest BCUT2D eigenvalue weighted by Gasteiger charge is 2.29. The summed E-state index contributed by atoms with van der Waals surface area (Å²) in [5, 5.41) is 0. The van der Waals surface area contributed by atoms with Crippen LogP contribution >= 0.6 is 15.9 Å². The third-order valence-corrected chi connectivity index (χ3v) is 3.91. The fraction of sp³-hybridized carbons (Fsp3) is 0.375. The van der Waals surface area contributed by atoms with Crippen LogP contribution in [0.15, 0.2) is 41.1 Å². The van der Waals surface area contributed by atoms with Crippen molar-refractivity contribution in [3.63, 3.8) is 0 Å². The lowest BCUT2D eigenvalue weighted by molar-refractivity contribution is -0.141. The molecule has 0 spiro atoms. The molecule has 9 heteroatoms. The van der Waals surface area contributed by atoms with Gasteiger partial charge in [-0.05, 0) is 31.2 Å². The highest BCUT2D eigenvalue weighted by atomic mass is 79.9. The summed E-state index contributed by atoms with van der Waals surface area (Å²) < 4.78 is 45.0. The number of imidazole rings is 1. The van der Waals surface area contributed by atoms with Crippen LogP contribution in [0.1, 0.15) is 12.7 Å². The van der Waals surface area contributed by atoms with Crippen LogP contribution < -0.4 is 4.74 Å². The molecule has 0 fully saturated rings. The molecule has 1 heterocycles. The molecule has 0 radical (unpaired) electrons. The van der Waals surface area contributed by atoms with Gasteiger partial charge >= 0.3 is 6.18 Å². The molecule has 0 aliphatic rings. The van der Waals surface area contributed by atoms with E-state index in [1.165, 1.54) is 24.3 Å². The normalized spacial score (nSPS) is 12.7. The molecule has 1 atom stereocenters. The molecule has 25 heavy (non-hydrogen) atoms. The van der Waals surface area contributed by atoms with Crippen molar-refractivity contribution in [3.05, 3.63) is 47.0 Å². The predicted octanol–water partition coefficient (Wildman–Crippen LogP) is 3.63. The zero-order chi connectivity index (χ0) is 18.6. The third kappa shape index (κ3) is 5.77. The van der Waals surface area contributed by atoms with E-state index in [4.69, 9.17) is 4.74 Å². The Labute approximate surface area is 151 Å². The van der Waals surface area contributed by atoms with Gasteiger partial charge in [0.25, 0.3) is 5.91 Å². The van der Waals surface area contributed by atoms with Crippen LogP contribution in [0.2, 0.25) is 0 Å². The highest BCUT2D eigenvalue weighted by Crippen LogP contribution is 2.20. The quantitative estimate of drug-likeness (QED) is 0.717. The monoisotopic (exact) mass is 419 g/mol. The Morgan fingerprint density at radius 2 is 2.00 bits per heavy atom. The number of amides is 1. The van der Waals surface area contributed by atoms with Crippen LogP contribution in [-0.2, 0) is 17.9 Å². The second-order valence-corrected chi connectivity index (χ2v) is 6.41. The van der Waals surface area contributed by atoms with Gasteiger partial charge in [0.15, 0.2) is 6.10 Å². The average molecular weight is 420 g/mol. The number of likely N-dealkylation sites (N-methyl/N-ethyl adjacent to an activating group) is 1. The van der Waals surface area contributed by atoms with Crippen molar-refractivity contribution in [1.29, 1.82) is 0 Å². The van der Waals surface area contributed by atoms with Crippen molar-refractivity contribution >= 4 is 21.8 Å². The molecule has 0 aliphatic heterocycles. The van der Waals surface area contributed by atoms with Crippen LogP contribution in [0.25, 0.3) is 0 Å². The minimum atomic E-state index is -4.35. The van der Waals surface area contributed by atoms with Crippen molar-refractivity contribution in [2.45, 2.75) is 32.3 Å². The molecule has 5 nitrogen and oxygen atoms in total. The van der Waals surface area contributed by atoms with E-state index in [1.807, 2.05) is 0 Å². The lowest BCUT2D eigenvalue weighted by Gasteiger charge is -2.22. The van der Waals surface area contributed by atoms with Gasteiger partial charge in [0.05, 0.1) is 6.54 Å². The molecule has 2 aromatic rings. The van der Waals surface area contributed by atoms with Gasteiger partial charge in [0, 0.05) is 23.9 Å². The second-order valence-electron chi connectivity index (χ2n) is 5.49.